The molecule has 1 aromatic carbocycles. The van der Waals surface area contributed by atoms with Gasteiger partial charge >= 0.3 is 5.97 Å². The van der Waals surface area contributed by atoms with Crippen LogP contribution in [0.5, 0.6) is 0 Å². The van der Waals surface area contributed by atoms with Gasteiger partial charge in [-0.1, -0.05) is 17.7 Å². The van der Waals surface area contributed by atoms with E-state index in [1.165, 1.54) is 0 Å². The maximum Gasteiger partial charge on any atom is 0.308 e. The first-order valence-corrected chi connectivity index (χ1v) is 9.53. The van der Waals surface area contributed by atoms with E-state index in [2.05, 4.69) is 10.6 Å². The molecule has 0 spiro atoms. The Labute approximate surface area is 169 Å². The predicted molar refractivity (Wildman–Crippen MR) is 107 cm³/mol. The van der Waals surface area contributed by atoms with Crippen molar-refractivity contribution in [3.63, 3.8) is 0 Å². The summed E-state index contributed by atoms with van der Waals surface area (Å²) in [6, 6.07) is 6.26. The van der Waals surface area contributed by atoms with Crippen molar-refractivity contribution in [2.24, 2.45) is 0 Å². The molecule has 1 aliphatic heterocycles. The fourth-order valence-corrected chi connectivity index (χ4v) is 3.07. The van der Waals surface area contributed by atoms with Crippen molar-refractivity contribution < 1.29 is 23.9 Å². The molecule has 0 saturated carbocycles. The minimum atomic E-state index is -0.835. The predicted octanol–water partition coefficient (Wildman–Crippen LogP) is 0.780. The molecule has 1 aliphatic rings. The van der Waals surface area contributed by atoms with Crippen LogP contribution < -0.4 is 10.6 Å². The van der Waals surface area contributed by atoms with Crippen LogP contribution in [0.2, 0.25) is 0 Å². The molecular weight excluding hydrogens is 382 g/mol. The van der Waals surface area contributed by atoms with Crippen molar-refractivity contribution in [1.29, 1.82) is 0 Å². The maximum atomic E-state index is 12.4. The van der Waals surface area contributed by atoms with Crippen LogP contribution in [0, 0.1) is 6.92 Å². The number of carbonyl (C=O) groups is 3. The lowest BCUT2D eigenvalue weighted by molar-refractivity contribution is -0.148. The Morgan fingerprint density at radius 1 is 1.36 bits per heavy atom. The SMILES string of the molecule is CCOCCOC(=O)CC1C(=O)NCCN1C(=S)NC(=O)c1cccc(C)c1. The lowest BCUT2D eigenvalue weighted by Gasteiger charge is -2.36. The third-order valence-corrected chi connectivity index (χ3v) is 4.48. The summed E-state index contributed by atoms with van der Waals surface area (Å²) >= 11 is 5.33. The van der Waals surface area contributed by atoms with Crippen LogP contribution in [0.15, 0.2) is 24.3 Å². The molecule has 1 atom stereocenters. The first-order valence-electron chi connectivity index (χ1n) is 9.12. The monoisotopic (exact) mass is 407 g/mol. The van der Waals surface area contributed by atoms with E-state index in [-0.39, 0.29) is 30.0 Å². The molecule has 9 heteroatoms. The highest BCUT2D eigenvalue weighted by Crippen LogP contribution is 2.11. The summed E-state index contributed by atoms with van der Waals surface area (Å²) in [5, 5.41) is 5.45. The molecule has 2 rings (SSSR count). The number of benzene rings is 1. The van der Waals surface area contributed by atoms with Crippen LogP contribution in [0.25, 0.3) is 0 Å². The normalized spacial score (nSPS) is 16.3. The van der Waals surface area contributed by atoms with Crippen molar-refractivity contribution in [3.8, 4) is 0 Å². The van der Waals surface area contributed by atoms with Crippen molar-refractivity contribution >= 4 is 35.1 Å². The number of esters is 1. The number of thiocarbonyl (C=S) groups is 1. The van der Waals surface area contributed by atoms with E-state index in [9.17, 15) is 14.4 Å². The van der Waals surface area contributed by atoms with Gasteiger partial charge in [-0.2, -0.15) is 0 Å². The Hall–Kier alpha value is -2.52. The summed E-state index contributed by atoms with van der Waals surface area (Å²) < 4.78 is 10.2. The largest absolute Gasteiger partial charge is 0.463 e. The number of rotatable bonds is 7. The molecular formula is C19H25N3O5S. The fraction of sp³-hybridized carbons (Fsp3) is 0.474. The number of hydrogen-bond acceptors (Lipinski definition) is 6. The van der Waals surface area contributed by atoms with Crippen LogP contribution in [0.3, 0.4) is 0 Å². The molecule has 1 heterocycles. The minimum Gasteiger partial charge on any atom is -0.463 e. The van der Waals surface area contributed by atoms with E-state index in [4.69, 9.17) is 21.7 Å². The van der Waals surface area contributed by atoms with E-state index in [1.807, 2.05) is 19.9 Å². The van der Waals surface area contributed by atoms with Crippen molar-refractivity contribution in [1.82, 2.24) is 15.5 Å². The summed E-state index contributed by atoms with van der Waals surface area (Å²) in [5.74, 6) is -1.22. The molecule has 0 bridgehead atoms. The third kappa shape index (κ3) is 6.28. The Morgan fingerprint density at radius 2 is 2.14 bits per heavy atom. The molecule has 152 valence electrons. The minimum absolute atomic E-state index is 0.105. The Bertz CT molecular complexity index is 740. The Morgan fingerprint density at radius 3 is 2.86 bits per heavy atom. The van der Waals surface area contributed by atoms with Crippen molar-refractivity contribution in [3.05, 3.63) is 35.4 Å². The first kappa shape index (κ1) is 21.8. The highest BCUT2D eigenvalue weighted by atomic mass is 32.1. The molecule has 1 aromatic rings. The lowest BCUT2D eigenvalue weighted by Crippen LogP contribution is -2.60. The summed E-state index contributed by atoms with van der Waals surface area (Å²) in [5.41, 5.74) is 1.42. The smallest absolute Gasteiger partial charge is 0.308 e. The molecule has 28 heavy (non-hydrogen) atoms. The summed E-state index contributed by atoms with van der Waals surface area (Å²) in [7, 11) is 0. The number of nitrogens with one attached hydrogen (secondary N) is 2. The molecule has 1 fully saturated rings. The van der Waals surface area contributed by atoms with Gasteiger partial charge in [0.2, 0.25) is 5.91 Å². The zero-order chi connectivity index (χ0) is 20.5. The van der Waals surface area contributed by atoms with Crippen LogP contribution in [-0.2, 0) is 19.1 Å². The van der Waals surface area contributed by atoms with E-state index in [1.54, 1.807) is 23.1 Å². The number of carbonyl (C=O) groups excluding carboxylic acids is 3. The van der Waals surface area contributed by atoms with Gasteiger partial charge in [0.05, 0.1) is 13.0 Å². The standard InChI is InChI=1S/C19H25N3O5S/c1-3-26-9-10-27-16(23)12-15-18(25)20-7-8-22(15)19(28)21-17(24)14-6-4-5-13(2)11-14/h4-6,11,15H,3,7-10,12H2,1-2H3,(H,20,25)(H,21,24,28). The van der Waals surface area contributed by atoms with Crippen molar-refractivity contribution in [2.45, 2.75) is 26.3 Å². The van der Waals surface area contributed by atoms with E-state index < -0.39 is 12.0 Å². The lowest BCUT2D eigenvalue weighted by atomic mass is 10.1. The van der Waals surface area contributed by atoms with Crippen LogP contribution in [0.1, 0.15) is 29.3 Å². The Kier molecular flexibility index (Phi) is 8.34. The topological polar surface area (TPSA) is 97.0 Å². The number of amides is 2. The third-order valence-electron chi connectivity index (χ3n) is 4.15. The quantitative estimate of drug-likeness (QED) is 0.392. The van der Waals surface area contributed by atoms with Gasteiger partial charge in [-0.25, -0.2) is 0 Å². The highest BCUT2D eigenvalue weighted by Gasteiger charge is 2.34. The molecule has 1 unspecified atom stereocenters. The van der Waals surface area contributed by atoms with Crippen molar-refractivity contribution in [2.75, 3.05) is 32.9 Å². The second-order valence-corrected chi connectivity index (χ2v) is 6.64. The van der Waals surface area contributed by atoms with Gasteiger partial charge in [-0.3, -0.25) is 19.7 Å². The van der Waals surface area contributed by atoms with E-state index in [0.29, 0.717) is 31.9 Å². The molecule has 0 radical (unpaired) electrons. The van der Waals surface area contributed by atoms with E-state index >= 15 is 0 Å². The van der Waals surface area contributed by atoms with Crippen LogP contribution in [-0.4, -0.2) is 66.7 Å². The fourth-order valence-electron chi connectivity index (χ4n) is 2.76. The number of piperazine rings is 1. The summed E-state index contributed by atoms with van der Waals surface area (Å²) in [6.45, 7) is 5.44. The van der Waals surface area contributed by atoms with Gasteiger partial charge < -0.3 is 19.7 Å². The van der Waals surface area contributed by atoms with Crippen LogP contribution in [0.4, 0.5) is 0 Å². The van der Waals surface area contributed by atoms with E-state index in [0.717, 1.165) is 5.56 Å². The van der Waals surface area contributed by atoms with Gasteiger partial charge in [0.25, 0.3) is 5.91 Å². The molecule has 2 amide bonds. The van der Waals surface area contributed by atoms with Gasteiger partial charge in [-0.05, 0) is 38.2 Å². The number of nitrogens with zero attached hydrogens (tertiary/aromatic N) is 1. The average Bonchev–Trinajstić information content (AvgIpc) is 2.66. The second kappa shape index (κ2) is 10.7. The zero-order valence-electron chi connectivity index (χ0n) is 16.0. The zero-order valence-corrected chi connectivity index (χ0v) is 16.8. The molecule has 2 N–H and O–H groups in total. The summed E-state index contributed by atoms with van der Waals surface area (Å²) in [4.78, 5) is 38.3. The molecule has 8 nitrogen and oxygen atoms in total. The maximum absolute atomic E-state index is 12.4. The molecule has 0 aromatic heterocycles. The molecule has 1 saturated heterocycles. The van der Waals surface area contributed by atoms with Gasteiger partial charge in [-0.15, -0.1) is 0 Å². The molecule has 0 aliphatic carbocycles. The number of hydrogen-bond donors (Lipinski definition) is 2. The van der Waals surface area contributed by atoms with Crippen LogP contribution >= 0.6 is 12.2 Å². The first-order chi connectivity index (χ1) is 13.4. The highest BCUT2D eigenvalue weighted by molar-refractivity contribution is 7.80. The summed E-state index contributed by atoms with van der Waals surface area (Å²) in [6.07, 6.45) is -0.168. The van der Waals surface area contributed by atoms with Gasteiger partial charge in [0, 0.05) is 25.3 Å². The number of aryl methyl sites for hydroxylation is 1. The second-order valence-electron chi connectivity index (χ2n) is 6.25. The van der Waals surface area contributed by atoms with Gasteiger partial charge in [0.1, 0.15) is 12.6 Å². The average molecular weight is 407 g/mol. The Balaban J connectivity index is 1.98. The van der Waals surface area contributed by atoms with Gasteiger partial charge in [0.15, 0.2) is 5.11 Å². The number of ether oxygens (including phenoxy) is 2.